The SMILES string of the molecule is CC/C=C\C/C=C\C/C=C\C/C=C\C/C=C\CCCCCCCC(=O)OC(CO)COC(=O)CCCCCCCCCCCCCCCCCCCCCCCC/C=C\C/C=C\C/C=C\C/C=C\CC. The van der Waals surface area contributed by atoms with Crippen LogP contribution < -0.4 is 0 Å². The molecule has 5 nitrogen and oxygen atoms in total. The molecule has 70 heavy (non-hydrogen) atoms. The summed E-state index contributed by atoms with van der Waals surface area (Å²) in [4.78, 5) is 24.5. The van der Waals surface area contributed by atoms with Crippen molar-refractivity contribution in [1.82, 2.24) is 0 Å². The van der Waals surface area contributed by atoms with E-state index in [4.69, 9.17) is 9.47 Å². The Balaban J connectivity index is 3.47. The van der Waals surface area contributed by atoms with Gasteiger partial charge in [-0.1, -0.05) is 271 Å². The van der Waals surface area contributed by atoms with Crippen LogP contribution in [-0.2, 0) is 19.1 Å². The fourth-order valence-electron chi connectivity index (χ4n) is 8.22. The first-order chi connectivity index (χ1) is 34.6. The summed E-state index contributed by atoms with van der Waals surface area (Å²) in [7, 11) is 0. The Morgan fingerprint density at radius 2 is 0.571 bits per heavy atom. The van der Waals surface area contributed by atoms with Crippen LogP contribution in [0.25, 0.3) is 0 Å². The van der Waals surface area contributed by atoms with Gasteiger partial charge in [-0.25, -0.2) is 0 Å². The van der Waals surface area contributed by atoms with Crippen LogP contribution in [0.2, 0.25) is 0 Å². The predicted molar refractivity (Wildman–Crippen MR) is 306 cm³/mol. The lowest BCUT2D eigenvalue weighted by molar-refractivity contribution is -0.161. The highest BCUT2D eigenvalue weighted by Gasteiger charge is 2.16. The van der Waals surface area contributed by atoms with E-state index in [0.717, 1.165) is 116 Å². The maximum Gasteiger partial charge on any atom is 0.306 e. The Kier molecular flexibility index (Phi) is 56.9. The molecule has 400 valence electrons. The number of rotatable bonds is 53. The van der Waals surface area contributed by atoms with E-state index in [9.17, 15) is 14.7 Å². The number of carbonyl (C=O) groups excluding carboxylic acids is 2. The molecular formula is C65H110O5. The third-order valence-corrected chi connectivity index (χ3v) is 12.6. The molecule has 0 heterocycles. The predicted octanol–water partition coefficient (Wildman–Crippen LogP) is 20.1. The van der Waals surface area contributed by atoms with Gasteiger partial charge in [-0.15, -0.1) is 0 Å². The zero-order valence-corrected chi connectivity index (χ0v) is 45.7. The molecule has 0 aromatic carbocycles. The molecule has 0 fully saturated rings. The van der Waals surface area contributed by atoms with Crippen molar-refractivity contribution in [2.24, 2.45) is 0 Å². The van der Waals surface area contributed by atoms with Crippen LogP contribution in [0.4, 0.5) is 0 Å². The van der Waals surface area contributed by atoms with Gasteiger partial charge in [0, 0.05) is 12.8 Å². The number of aliphatic hydroxyl groups excluding tert-OH is 1. The number of unbranched alkanes of at least 4 members (excludes halogenated alkanes) is 27. The van der Waals surface area contributed by atoms with Gasteiger partial charge in [0.25, 0.3) is 0 Å². The smallest absolute Gasteiger partial charge is 0.306 e. The van der Waals surface area contributed by atoms with Crippen LogP contribution in [0.3, 0.4) is 0 Å². The third-order valence-electron chi connectivity index (χ3n) is 12.6. The second-order valence-corrected chi connectivity index (χ2v) is 19.3. The van der Waals surface area contributed by atoms with Crippen LogP contribution in [0.15, 0.2) is 109 Å². The Morgan fingerprint density at radius 3 is 0.857 bits per heavy atom. The summed E-state index contributed by atoms with van der Waals surface area (Å²) in [6.07, 6.45) is 86.5. The third kappa shape index (κ3) is 57.1. The minimum Gasteiger partial charge on any atom is -0.462 e. The highest BCUT2D eigenvalue weighted by molar-refractivity contribution is 5.70. The fraction of sp³-hybridized carbons (Fsp3) is 0.692. The largest absolute Gasteiger partial charge is 0.462 e. The van der Waals surface area contributed by atoms with Crippen LogP contribution in [-0.4, -0.2) is 36.4 Å². The normalized spacial score (nSPS) is 13.0. The average molecular weight is 972 g/mol. The van der Waals surface area contributed by atoms with Crippen molar-refractivity contribution >= 4 is 11.9 Å². The molecule has 0 radical (unpaired) electrons. The minimum atomic E-state index is -0.788. The van der Waals surface area contributed by atoms with Gasteiger partial charge in [0.2, 0.25) is 0 Å². The van der Waals surface area contributed by atoms with Crippen LogP contribution in [0.1, 0.15) is 271 Å². The first-order valence-corrected chi connectivity index (χ1v) is 29.4. The summed E-state index contributed by atoms with van der Waals surface area (Å²) in [5, 5.41) is 9.65. The number of esters is 2. The zero-order chi connectivity index (χ0) is 50.6. The van der Waals surface area contributed by atoms with Gasteiger partial charge in [0.15, 0.2) is 6.10 Å². The van der Waals surface area contributed by atoms with Crippen LogP contribution in [0, 0.1) is 0 Å². The molecule has 5 heteroatoms. The molecule has 0 aromatic rings. The van der Waals surface area contributed by atoms with E-state index >= 15 is 0 Å². The molecule has 0 spiro atoms. The maximum absolute atomic E-state index is 12.3. The summed E-state index contributed by atoms with van der Waals surface area (Å²) in [5.74, 6) is -0.609. The quantitative estimate of drug-likeness (QED) is 0.0373. The second-order valence-electron chi connectivity index (χ2n) is 19.3. The Bertz CT molecular complexity index is 1380. The molecule has 0 saturated heterocycles. The Hall–Kier alpha value is -3.44. The van der Waals surface area contributed by atoms with Crippen molar-refractivity contribution in [1.29, 1.82) is 0 Å². The molecule has 0 aromatic heterocycles. The first-order valence-electron chi connectivity index (χ1n) is 29.4. The Morgan fingerprint density at radius 1 is 0.329 bits per heavy atom. The van der Waals surface area contributed by atoms with Crippen LogP contribution >= 0.6 is 0 Å². The number of ether oxygens (including phenoxy) is 2. The lowest BCUT2D eigenvalue weighted by atomic mass is 10.0. The average Bonchev–Trinajstić information content (AvgIpc) is 3.36. The molecule has 0 aliphatic heterocycles. The standard InChI is InChI=1S/C65H110O5/c1-3-5-7-9-11-13-15-17-19-21-23-25-26-27-28-29-30-31-32-33-34-35-36-37-38-40-41-43-45-47-49-51-53-55-57-59-64(67)69-62-63(61-66)70-65(68)60-58-56-54-52-50-48-46-44-42-39-24-22-20-18-16-14-12-10-8-6-4-2/h5-8,11-14,17-20,23-25,39,44,46,63,66H,3-4,9-10,15-16,21-22,26-38,40-43,45,47-62H2,1-2H3/b7-5-,8-6-,13-11-,14-12-,19-17-,20-18-,25-23-,39-24-,46-44-. The van der Waals surface area contributed by atoms with Crippen molar-refractivity contribution < 1.29 is 24.2 Å². The lowest BCUT2D eigenvalue weighted by Gasteiger charge is -2.15. The fourth-order valence-corrected chi connectivity index (χ4v) is 8.22. The topological polar surface area (TPSA) is 72.8 Å². The van der Waals surface area contributed by atoms with Gasteiger partial charge in [-0.2, -0.15) is 0 Å². The summed E-state index contributed by atoms with van der Waals surface area (Å²) in [6.45, 7) is 3.91. The van der Waals surface area contributed by atoms with Crippen LogP contribution in [0.5, 0.6) is 0 Å². The first kappa shape index (κ1) is 66.6. The molecule has 0 rings (SSSR count). The molecule has 0 bridgehead atoms. The van der Waals surface area contributed by atoms with E-state index in [1.165, 1.54) is 128 Å². The van der Waals surface area contributed by atoms with Crippen molar-refractivity contribution in [2.45, 2.75) is 277 Å². The molecule has 0 saturated carbocycles. The minimum absolute atomic E-state index is 0.0767. The summed E-state index contributed by atoms with van der Waals surface area (Å²) < 4.78 is 10.7. The number of aliphatic hydroxyl groups is 1. The van der Waals surface area contributed by atoms with E-state index in [-0.39, 0.29) is 25.2 Å². The van der Waals surface area contributed by atoms with Gasteiger partial charge in [0.05, 0.1) is 6.61 Å². The number of carbonyl (C=O) groups is 2. The monoisotopic (exact) mass is 971 g/mol. The highest BCUT2D eigenvalue weighted by atomic mass is 16.6. The van der Waals surface area contributed by atoms with Gasteiger partial charge < -0.3 is 14.6 Å². The highest BCUT2D eigenvalue weighted by Crippen LogP contribution is 2.16. The van der Waals surface area contributed by atoms with Gasteiger partial charge in [-0.05, 0) is 96.3 Å². The molecular weight excluding hydrogens is 861 g/mol. The van der Waals surface area contributed by atoms with Gasteiger partial charge >= 0.3 is 11.9 Å². The van der Waals surface area contributed by atoms with E-state index in [2.05, 4.69) is 123 Å². The number of allylic oxidation sites excluding steroid dienone is 18. The van der Waals surface area contributed by atoms with Crippen molar-refractivity contribution in [3.63, 3.8) is 0 Å². The molecule has 1 atom stereocenters. The van der Waals surface area contributed by atoms with E-state index in [0.29, 0.717) is 12.8 Å². The summed E-state index contributed by atoms with van der Waals surface area (Å²) >= 11 is 0. The molecule has 1 unspecified atom stereocenters. The van der Waals surface area contributed by atoms with E-state index in [1.54, 1.807) is 0 Å². The molecule has 0 aliphatic rings. The zero-order valence-electron chi connectivity index (χ0n) is 45.7. The molecule has 1 N–H and O–H groups in total. The second kappa shape index (κ2) is 59.9. The lowest BCUT2D eigenvalue weighted by Crippen LogP contribution is -2.28. The Labute approximate surface area is 433 Å². The maximum atomic E-state index is 12.3. The van der Waals surface area contributed by atoms with E-state index < -0.39 is 6.10 Å². The van der Waals surface area contributed by atoms with Crippen molar-refractivity contribution in [3.05, 3.63) is 109 Å². The van der Waals surface area contributed by atoms with Gasteiger partial charge in [0.1, 0.15) is 6.61 Å². The number of hydrogen-bond acceptors (Lipinski definition) is 5. The summed E-state index contributed by atoms with van der Waals surface area (Å²) in [6, 6.07) is 0. The van der Waals surface area contributed by atoms with Crippen molar-refractivity contribution in [2.75, 3.05) is 13.2 Å². The van der Waals surface area contributed by atoms with Gasteiger partial charge in [-0.3, -0.25) is 9.59 Å². The molecule has 0 amide bonds. The molecule has 0 aliphatic carbocycles. The van der Waals surface area contributed by atoms with E-state index in [1.807, 2.05) is 0 Å². The summed E-state index contributed by atoms with van der Waals surface area (Å²) in [5.41, 5.74) is 0. The van der Waals surface area contributed by atoms with Crippen molar-refractivity contribution in [3.8, 4) is 0 Å². The number of hydrogen-bond donors (Lipinski definition) is 1.